The first-order valence-corrected chi connectivity index (χ1v) is 11.5. The van der Waals surface area contributed by atoms with Gasteiger partial charge in [0, 0.05) is 24.1 Å². The van der Waals surface area contributed by atoms with E-state index in [9.17, 15) is 17.6 Å². The number of halogens is 1. The number of sulfone groups is 1. The molecule has 0 spiro atoms. The molecule has 160 valence electrons. The Labute approximate surface area is 179 Å². The zero-order chi connectivity index (χ0) is 22.2. The molecule has 7 nitrogen and oxygen atoms in total. The lowest BCUT2D eigenvalue weighted by Gasteiger charge is -2.13. The number of amides is 1. The third kappa shape index (κ3) is 4.66. The summed E-state index contributed by atoms with van der Waals surface area (Å²) >= 11 is 0. The van der Waals surface area contributed by atoms with Crippen molar-refractivity contribution in [1.29, 1.82) is 0 Å². The number of hydrogen-bond donors (Lipinski definition) is 3. The SMILES string of the molecule is CS(=O)(=O)c1ccc2c(c1)CC(NC(=O)c1cc(N)cc(Nc3ccccc3F)n1)C2. The van der Waals surface area contributed by atoms with E-state index >= 15 is 0 Å². The molecular formula is C22H21FN4O3S. The van der Waals surface area contributed by atoms with Crippen molar-refractivity contribution in [3.05, 3.63) is 77.2 Å². The summed E-state index contributed by atoms with van der Waals surface area (Å²) < 4.78 is 37.4. The molecule has 2 aromatic carbocycles. The highest BCUT2D eigenvalue weighted by atomic mass is 32.2. The van der Waals surface area contributed by atoms with Crippen LogP contribution in [0.25, 0.3) is 0 Å². The fraction of sp³-hybridized carbons (Fsp3) is 0.182. The minimum atomic E-state index is -3.29. The van der Waals surface area contributed by atoms with Crippen LogP contribution in [-0.4, -0.2) is 31.6 Å². The number of carbonyl (C=O) groups excluding carboxylic acids is 1. The van der Waals surface area contributed by atoms with E-state index in [2.05, 4.69) is 15.6 Å². The van der Waals surface area contributed by atoms with E-state index < -0.39 is 21.6 Å². The standard InChI is InChI=1S/C22H21FN4O3S/c1-31(29,30)17-7-6-13-8-16(9-14(13)10-17)25-22(28)20-11-15(24)12-21(27-20)26-19-5-3-2-4-18(19)23/h2-7,10-12,16H,8-9H2,1H3,(H,25,28)(H3,24,26,27). The van der Waals surface area contributed by atoms with Crippen molar-refractivity contribution in [2.24, 2.45) is 0 Å². The Bertz CT molecular complexity index is 1280. The van der Waals surface area contributed by atoms with Crippen LogP contribution >= 0.6 is 0 Å². The molecule has 1 aliphatic rings. The molecule has 0 bridgehead atoms. The highest BCUT2D eigenvalue weighted by Gasteiger charge is 2.25. The quantitative estimate of drug-likeness (QED) is 0.562. The van der Waals surface area contributed by atoms with Gasteiger partial charge < -0.3 is 16.4 Å². The molecule has 1 amide bonds. The Balaban J connectivity index is 1.49. The maximum atomic E-state index is 13.9. The van der Waals surface area contributed by atoms with Gasteiger partial charge in [-0.25, -0.2) is 17.8 Å². The summed E-state index contributed by atoms with van der Waals surface area (Å²) in [6.45, 7) is 0. The smallest absolute Gasteiger partial charge is 0.270 e. The van der Waals surface area contributed by atoms with E-state index in [0.29, 0.717) is 18.5 Å². The van der Waals surface area contributed by atoms with Crippen LogP contribution in [0.4, 0.5) is 21.6 Å². The number of nitrogens with zero attached hydrogens (tertiary/aromatic N) is 1. The van der Waals surface area contributed by atoms with Gasteiger partial charge in [-0.15, -0.1) is 0 Å². The van der Waals surface area contributed by atoms with Crippen LogP contribution < -0.4 is 16.4 Å². The third-order valence-corrected chi connectivity index (χ3v) is 6.20. The van der Waals surface area contributed by atoms with E-state index in [0.717, 1.165) is 11.1 Å². The first-order valence-electron chi connectivity index (χ1n) is 9.61. The molecule has 4 N–H and O–H groups in total. The van der Waals surface area contributed by atoms with E-state index in [1.54, 1.807) is 36.4 Å². The van der Waals surface area contributed by atoms with E-state index in [-0.39, 0.29) is 28.1 Å². The molecule has 9 heteroatoms. The second-order valence-electron chi connectivity index (χ2n) is 7.56. The van der Waals surface area contributed by atoms with Crippen molar-refractivity contribution in [3.8, 4) is 0 Å². The number of pyridine rings is 1. The highest BCUT2D eigenvalue weighted by Crippen LogP contribution is 2.26. The Morgan fingerprint density at radius 3 is 2.58 bits per heavy atom. The van der Waals surface area contributed by atoms with Gasteiger partial charge in [-0.2, -0.15) is 0 Å². The Morgan fingerprint density at radius 1 is 1.10 bits per heavy atom. The Morgan fingerprint density at radius 2 is 1.84 bits per heavy atom. The zero-order valence-corrected chi connectivity index (χ0v) is 17.5. The number of carbonyl (C=O) groups is 1. The molecule has 1 aromatic heterocycles. The van der Waals surface area contributed by atoms with Gasteiger partial charge in [-0.1, -0.05) is 18.2 Å². The largest absolute Gasteiger partial charge is 0.399 e. The molecule has 1 unspecified atom stereocenters. The molecule has 0 saturated carbocycles. The summed E-state index contributed by atoms with van der Waals surface area (Å²) in [7, 11) is -3.29. The minimum absolute atomic E-state index is 0.103. The first kappa shape index (κ1) is 20.8. The zero-order valence-electron chi connectivity index (χ0n) is 16.7. The summed E-state index contributed by atoms with van der Waals surface area (Å²) in [5, 5.41) is 5.76. The van der Waals surface area contributed by atoms with Gasteiger partial charge in [0.2, 0.25) is 0 Å². The number of aromatic nitrogens is 1. The molecule has 31 heavy (non-hydrogen) atoms. The molecule has 1 aliphatic carbocycles. The number of rotatable bonds is 5. The van der Waals surface area contributed by atoms with Gasteiger partial charge in [-0.3, -0.25) is 4.79 Å². The summed E-state index contributed by atoms with van der Waals surface area (Å²) in [6.07, 6.45) is 2.28. The lowest BCUT2D eigenvalue weighted by Crippen LogP contribution is -2.35. The molecule has 0 aliphatic heterocycles. The van der Waals surface area contributed by atoms with Crippen molar-refractivity contribution >= 4 is 32.9 Å². The number of benzene rings is 2. The second-order valence-corrected chi connectivity index (χ2v) is 9.57. The van der Waals surface area contributed by atoms with Crippen LogP contribution in [-0.2, 0) is 22.7 Å². The van der Waals surface area contributed by atoms with Gasteiger partial charge in [0.15, 0.2) is 9.84 Å². The Hall–Kier alpha value is -3.46. The molecular weight excluding hydrogens is 419 g/mol. The van der Waals surface area contributed by atoms with Crippen LogP contribution in [0, 0.1) is 5.82 Å². The fourth-order valence-electron chi connectivity index (χ4n) is 3.62. The number of hydrogen-bond acceptors (Lipinski definition) is 6. The van der Waals surface area contributed by atoms with Crippen molar-refractivity contribution in [2.75, 3.05) is 17.3 Å². The van der Waals surface area contributed by atoms with Gasteiger partial charge in [0.25, 0.3) is 5.91 Å². The van der Waals surface area contributed by atoms with Crippen molar-refractivity contribution in [2.45, 2.75) is 23.8 Å². The van der Waals surface area contributed by atoms with E-state index in [1.807, 2.05) is 0 Å². The average Bonchev–Trinajstić information content (AvgIpc) is 3.10. The Kier molecular flexibility index (Phi) is 5.36. The number of nitrogens with one attached hydrogen (secondary N) is 2. The van der Waals surface area contributed by atoms with Crippen molar-refractivity contribution in [1.82, 2.24) is 10.3 Å². The van der Waals surface area contributed by atoms with Gasteiger partial charge in [0.1, 0.15) is 17.3 Å². The summed E-state index contributed by atoms with van der Waals surface area (Å²) in [4.78, 5) is 17.3. The average molecular weight is 441 g/mol. The van der Waals surface area contributed by atoms with Crippen molar-refractivity contribution in [3.63, 3.8) is 0 Å². The lowest BCUT2D eigenvalue weighted by molar-refractivity contribution is 0.0933. The van der Waals surface area contributed by atoms with Crippen LogP contribution in [0.2, 0.25) is 0 Å². The number of fused-ring (bicyclic) bond motifs is 1. The molecule has 4 rings (SSSR count). The number of para-hydroxylation sites is 1. The van der Waals surface area contributed by atoms with Crippen LogP contribution in [0.15, 0.2) is 59.5 Å². The first-order chi connectivity index (χ1) is 14.7. The molecule has 0 saturated heterocycles. The van der Waals surface area contributed by atoms with Crippen molar-refractivity contribution < 1.29 is 17.6 Å². The second kappa shape index (κ2) is 7.99. The maximum absolute atomic E-state index is 13.9. The number of nitrogens with two attached hydrogens (primary N) is 1. The molecule has 0 radical (unpaired) electrons. The highest BCUT2D eigenvalue weighted by molar-refractivity contribution is 7.90. The lowest BCUT2D eigenvalue weighted by atomic mass is 10.1. The predicted molar refractivity (Wildman–Crippen MR) is 117 cm³/mol. The molecule has 0 fully saturated rings. The topological polar surface area (TPSA) is 114 Å². The van der Waals surface area contributed by atoms with Crippen LogP contribution in [0.1, 0.15) is 21.6 Å². The molecule has 1 atom stereocenters. The minimum Gasteiger partial charge on any atom is -0.399 e. The number of nitrogen functional groups attached to an aromatic ring is 1. The molecule has 3 aromatic rings. The normalized spacial score (nSPS) is 15.4. The molecule has 1 heterocycles. The monoisotopic (exact) mass is 440 g/mol. The van der Waals surface area contributed by atoms with E-state index in [1.165, 1.54) is 24.5 Å². The van der Waals surface area contributed by atoms with Gasteiger partial charge in [0.05, 0.1) is 10.6 Å². The predicted octanol–water partition coefficient (Wildman–Crippen LogP) is 2.85. The van der Waals surface area contributed by atoms with Gasteiger partial charge in [-0.05, 0) is 54.3 Å². The fourth-order valence-corrected chi connectivity index (χ4v) is 4.29. The number of anilines is 3. The maximum Gasteiger partial charge on any atom is 0.270 e. The van der Waals surface area contributed by atoms with Gasteiger partial charge >= 0.3 is 0 Å². The third-order valence-electron chi connectivity index (χ3n) is 5.09. The summed E-state index contributed by atoms with van der Waals surface area (Å²) in [5.74, 6) is -0.609. The van der Waals surface area contributed by atoms with Crippen LogP contribution in [0.3, 0.4) is 0 Å². The van der Waals surface area contributed by atoms with Crippen LogP contribution in [0.5, 0.6) is 0 Å². The summed E-state index contributed by atoms with van der Waals surface area (Å²) in [5.41, 5.74) is 8.45. The van der Waals surface area contributed by atoms with E-state index in [4.69, 9.17) is 5.73 Å². The summed E-state index contributed by atoms with van der Waals surface area (Å²) in [6, 6.07) is 13.9.